The van der Waals surface area contributed by atoms with Crippen LogP contribution in [0.1, 0.15) is 0 Å². The molecule has 8 heteroatoms. The lowest BCUT2D eigenvalue weighted by molar-refractivity contribution is -0.114. The van der Waals surface area contributed by atoms with Crippen LogP contribution in [0.4, 0.5) is 0 Å². The monoisotopic (exact) mass is 386 g/mol. The maximum atomic E-state index is 12.0. The first-order valence-electron chi connectivity index (χ1n) is 6.36. The highest BCUT2D eigenvalue weighted by atomic mass is 127. The Balaban J connectivity index is 1.80. The molecule has 0 spiro atoms. The molecule has 3 rings (SSSR count). The third kappa shape index (κ3) is 2.54. The number of rotatable bonds is 2. The number of hydrogen-bond acceptors (Lipinski definition) is 6. The van der Waals surface area contributed by atoms with E-state index in [-0.39, 0.29) is 11.9 Å². The Bertz CT molecular complexity index is 578. The Morgan fingerprint density at radius 2 is 2.25 bits per heavy atom. The molecule has 1 saturated heterocycles. The highest BCUT2D eigenvalue weighted by molar-refractivity contribution is 14.1. The number of nitrogens with zero attached hydrogens (tertiary/aromatic N) is 5. The fraction of sp³-hybridized carbons (Fsp3) is 0.500. The van der Waals surface area contributed by atoms with E-state index in [0.29, 0.717) is 22.0 Å². The van der Waals surface area contributed by atoms with Gasteiger partial charge in [0.25, 0.3) is 5.91 Å². The Hall–Kier alpha value is -1.13. The molecule has 0 radical (unpaired) electrons. The smallest absolute Gasteiger partial charge is 0.284 e. The van der Waals surface area contributed by atoms with E-state index in [4.69, 9.17) is 5.73 Å². The lowest BCUT2D eigenvalue weighted by Crippen LogP contribution is -2.49. The van der Waals surface area contributed by atoms with Crippen LogP contribution in [-0.2, 0) is 4.79 Å². The molecule has 0 aromatic rings. The standard InChI is InChI=1S/C12H15IN6O/c1-18-2-3-19(8(13)6-18)5-7-4-15-10-9(7)11(20)17-12(14)16-10/h4,8H,2-3,5-6H2,1H3,(H2,14,17,20). The average Bonchev–Trinajstić information content (AvgIpc) is 2.76. The zero-order valence-corrected chi connectivity index (χ0v) is 13.2. The summed E-state index contributed by atoms with van der Waals surface area (Å²) in [6.45, 7) is 3.71. The van der Waals surface area contributed by atoms with E-state index in [9.17, 15) is 4.79 Å². The van der Waals surface area contributed by atoms with Gasteiger partial charge in [-0.15, -0.1) is 0 Å². The highest BCUT2D eigenvalue weighted by Crippen LogP contribution is 2.22. The van der Waals surface area contributed by atoms with E-state index in [1.807, 2.05) is 0 Å². The van der Waals surface area contributed by atoms with Crippen LogP contribution in [0.3, 0.4) is 0 Å². The zero-order valence-electron chi connectivity index (χ0n) is 11.1. The lowest BCUT2D eigenvalue weighted by Gasteiger charge is -2.37. The number of fused-ring (bicyclic) bond motifs is 1. The molecule has 1 fully saturated rings. The number of amides is 1. The summed E-state index contributed by atoms with van der Waals surface area (Å²) in [5, 5.41) is 0. The van der Waals surface area contributed by atoms with Gasteiger partial charge in [-0.3, -0.25) is 9.69 Å². The molecule has 0 bridgehead atoms. The van der Waals surface area contributed by atoms with Crippen molar-refractivity contribution in [1.82, 2.24) is 9.80 Å². The van der Waals surface area contributed by atoms with Crippen molar-refractivity contribution in [3.63, 3.8) is 0 Å². The number of nitrogens with two attached hydrogens (primary N) is 1. The van der Waals surface area contributed by atoms with Crippen molar-refractivity contribution in [3.8, 4) is 0 Å². The van der Waals surface area contributed by atoms with E-state index in [0.717, 1.165) is 25.2 Å². The molecule has 3 aliphatic heterocycles. The average molecular weight is 386 g/mol. The predicted octanol–water partition coefficient (Wildman–Crippen LogP) is -0.371. The lowest BCUT2D eigenvalue weighted by atomic mass is 10.1. The Labute approximate surface area is 130 Å². The molecule has 0 aliphatic carbocycles. The maximum absolute atomic E-state index is 12.0. The molecule has 0 aromatic heterocycles. The van der Waals surface area contributed by atoms with Crippen molar-refractivity contribution in [2.75, 3.05) is 33.2 Å². The molecule has 1 amide bonds. The number of alkyl halides is 1. The largest absolute Gasteiger partial charge is 0.368 e. The van der Waals surface area contributed by atoms with Crippen LogP contribution in [0.2, 0.25) is 0 Å². The van der Waals surface area contributed by atoms with Gasteiger partial charge in [0, 0.05) is 38.0 Å². The maximum Gasteiger partial charge on any atom is 0.284 e. The third-order valence-electron chi connectivity index (χ3n) is 3.54. The normalized spacial score (nSPS) is 27.7. The number of carbonyl (C=O) groups is 1. The number of guanidine groups is 1. The molecule has 3 heterocycles. The molecule has 1 unspecified atom stereocenters. The van der Waals surface area contributed by atoms with Crippen molar-refractivity contribution in [2.24, 2.45) is 20.7 Å². The van der Waals surface area contributed by atoms with Gasteiger partial charge >= 0.3 is 0 Å². The predicted molar refractivity (Wildman–Crippen MR) is 86.5 cm³/mol. The van der Waals surface area contributed by atoms with Gasteiger partial charge < -0.3 is 10.6 Å². The van der Waals surface area contributed by atoms with Crippen LogP contribution >= 0.6 is 22.6 Å². The van der Waals surface area contributed by atoms with Gasteiger partial charge in [-0.1, -0.05) is 22.6 Å². The fourth-order valence-corrected chi connectivity index (χ4v) is 3.59. The van der Waals surface area contributed by atoms with Gasteiger partial charge in [0.15, 0.2) is 5.84 Å². The summed E-state index contributed by atoms with van der Waals surface area (Å²) in [7, 11) is 2.12. The SMILES string of the molecule is CN1CCN(CC2=C3C(=O)N=C(N)N=C3N=C2)C(I)C1. The first kappa shape index (κ1) is 13.8. The number of halogens is 1. The molecule has 2 N–H and O–H groups in total. The highest BCUT2D eigenvalue weighted by Gasteiger charge is 2.31. The Kier molecular flexibility index (Phi) is 3.69. The third-order valence-corrected chi connectivity index (χ3v) is 4.72. The minimum Gasteiger partial charge on any atom is -0.368 e. The summed E-state index contributed by atoms with van der Waals surface area (Å²) in [6, 6.07) is 0. The van der Waals surface area contributed by atoms with E-state index in [1.54, 1.807) is 6.21 Å². The van der Waals surface area contributed by atoms with Gasteiger partial charge in [-0.05, 0) is 7.05 Å². The zero-order chi connectivity index (χ0) is 14.3. The fourth-order valence-electron chi connectivity index (χ4n) is 2.44. The van der Waals surface area contributed by atoms with Crippen molar-refractivity contribution in [1.29, 1.82) is 0 Å². The second-order valence-corrected chi connectivity index (χ2v) is 6.47. The molecule has 0 aromatic carbocycles. The van der Waals surface area contributed by atoms with Crippen molar-refractivity contribution < 1.29 is 4.79 Å². The quantitative estimate of drug-likeness (QED) is 0.399. The molecule has 7 nitrogen and oxygen atoms in total. The summed E-state index contributed by atoms with van der Waals surface area (Å²) < 4.78 is 0.418. The number of aliphatic imine (C=N–C) groups is 3. The molecule has 1 atom stereocenters. The van der Waals surface area contributed by atoms with Gasteiger partial charge in [-0.25, -0.2) is 4.99 Å². The van der Waals surface area contributed by atoms with Gasteiger partial charge in [0.1, 0.15) is 0 Å². The minimum absolute atomic E-state index is 0.0153. The van der Waals surface area contributed by atoms with Gasteiger partial charge in [0.2, 0.25) is 5.96 Å². The molecule has 20 heavy (non-hydrogen) atoms. The van der Waals surface area contributed by atoms with Crippen LogP contribution in [0.15, 0.2) is 26.1 Å². The second kappa shape index (κ2) is 5.34. The van der Waals surface area contributed by atoms with E-state index >= 15 is 0 Å². The van der Waals surface area contributed by atoms with E-state index in [2.05, 4.69) is 54.4 Å². The topological polar surface area (TPSA) is 86.6 Å². The summed E-state index contributed by atoms with van der Waals surface area (Å²) in [5.41, 5.74) is 6.86. The van der Waals surface area contributed by atoms with E-state index in [1.165, 1.54) is 0 Å². The van der Waals surface area contributed by atoms with Crippen LogP contribution in [-0.4, -0.2) is 71.0 Å². The van der Waals surface area contributed by atoms with Crippen LogP contribution < -0.4 is 5.73 Å². The minimum atomic E-state index is -0.334. The summed E-state index contributed by atoms with van der Waals surface area (Å²) in [6.07, 6.45) is 1.71. The van der Waals surface area contributed by atoms with Crippen LogP contribution in [0.5, 0.6) is 0 Å². The number of carbonyl (C=O) groups excluding carboxylic acids is 1. The number of piperazine rings is 1. The summed E-state index contributed by atoms with van der Waals surface area (Å²) in [4.78, 5) is 28.5. The molecular weight excluding hydrogens is 371 g/mol. The van der Waals surface area contributed by atoms with Crippen LogP contribution in [0.25, 0.3) is 0 Å². The van der Waals surface area contributed by atoms with Gasteiger partial charge in [0.05, 0.1) is 9.62 Å². The molecule has 106 valence electrons. The summed E-state index contributed by atoms with van der Waals surface area (Å²) >= 11 is 2.43. The first-order valence-corrected chi connectivity index (χ1v) is 7.60. The van der Waals surface area contributed by atoms with Crippen molar-refractivity contribution >= 4 is 46.5 Å². The number of hydrogen-bond donors (Lipinski definition) is 1. The molecule has 0 saturated carbocycles. The number of likely N-dealkylation sites (N-methyl/N-ethyl adjacent to an activating group) is 1. The van der Waals surface area contributed by atoms with Crippen LogP contribution in [0, 0.1) is 0 Å². The van der Waals surface area contributed by atoms with Crippen molar-refractivity contribution in [2.45, 2.75) is 4.05 Å². The van der Waals surface area contributed by atoms with E-state index < -0.39 is 0 Å². The number of amidine groups is 1. The van der Waals surface area contributed by atoms with Crippen molar-refractivity contribution in [3.05, 3.63) is 11.1 Å². The summed E-state index contributed by atoms with van der Waals surface area (Å²) in [5.74, 6) is 0.0503. The molecule has 3 aliphatic rings. The Morgan fingerprint density at radius 3 is 3.00 bits per heavy atom. The van der Waals surface area contributed by atoms with Gasteiger partial charge in [-0.2, -0.15) is 9.98 Å². The Morgan fingerprint density at radius 1 is 1.45 bits per heavy atom. The molecular formula is C12H15IN6O. The second-order valence-electron chi connectivity index (χ2n) is 5.04. The first-order chi connectivity index (χ1) is 9.54.